The van der Waals surface area contributed by atoms with Gasteiger partial charge in [-0.1, -0.05) is 52.3 Å². The summed E-state index contributed by atoms with van der Waals surface area (Å²) in [4.78, 5) is 35.9. The lowest BCUT2D eigenvalue weighted by Gasteiger charge is -2.16. The van der Waals surface area contributed by atoms with Crippen LogP contribution in [-0.4, -0.2) is 44.2 Å². The molecule has 30 heavy (non-hydrogen) atoms. The fourth-order valence-electron chi connectivity index (χ4n) is 2.60. The number of amides is 1. The fourth-order valence-corrected chi connectivity index (χ4v) is 2.98. The number of hydrogen-bond acceptors (Lipinski definition) is 6. The predicted octanol–water partition coefficient (Wildman–Crippen LogP) is 3.05. The summed E-state index contributed by atoms with van der Waals surface area (Å²) in [5.41, 5.74) is 0.871. The van der Waals surface area contributed by atoms with Gasteiger partial charge in [-0.15, -0.1) is 0 Å². The lowest BCUT2D eigenvalue weighted by atomic mass is 10.1. The number of nitrogens with one attached hydrogen (secondary N) is 1. The molecule has 160 valence electrons. The van der Waals surface area contributed by atoms with Gasteiger partial charge >= 0.3 is 11.9 Å². The molecule has 8 heteroatoms. The SMILES string of the molecule is COC(=O)C(Cc1ccccc1)NC(=O)COC(=O)CCCOc1cccc(Br)c1. The molecule has 0 aliphatic heterocycles. The molecule has 0 fully saturated rings. The van der Waals surface area contributed by atoms with E-state index < -0.39 is 30.5 Å². The maximum atomic E-state index is 12.1. The van der Waals surface area contributed by atoms with Gasteiger partial charge in [0.2, 0.25) is 0 Å². The van der Waals surface area contributed by atoms with Crippen molar-refractivity contribution in [2.45, 2.75) is 25.3 Å². The van der Waals surface area contributed by atoms with E-state index in [-0.39, 0.29) is 12.8 Å². The number of ether oxygens (including phenoxy) is 3. The Bertz CT molecular complexity index is 843. The van der Waals surface area contributed by atoms with Crippen LogP contribution in [0.4, 0.5) is 0 Å². The highest BCUT2D eigenvalue weighted by atomic mass is 79.9. The average molecular weight is 478 g/mol. The maximum Gasteiger partial charge on any atom is 0.328 e. The molecule has 7 nitrogen and oxygen atoms in total. The van der Waals surface area contributed by atoms with Crippen molar-refractivity contribution in [1.29, 1.82) is 0 Å². The molecule has 1 unspecified atom stereocenters. The molecule has 0 aromatic heterocycles. The van der Waals surface area contributed by atoms with Crippen LogP contribution in [0, 0.1) is 0 Å². The number of benzene rings is 2. The van der Waals surface area contributed by atoms with Crippen LogP contribution in [0.5, 0.6) is 5.75 Å². The van der Waals surface area contributed by atoms with Crippen molar-refractivity contribution in [1.82, 2.24) is 5.32 Å². The molecule has 0 aliphatic rings. The van der Waals surface area contributed by atoms with Gasteiger partial charge in [-0.3, -0.25) is 9.59 Å². The van der Waals surface area contributed by atoms with E-state index in [4.69, 9.17) is 14.2 Å². The number of carbonyl (C=O) groups is 3. The summed E-state index contributed by atoms with van der Waals surface area (Å²) >= 11 is 3.36. The molecular formula is C22H24BrNO6. The highest BCUT2D eigenvalue weighted by molar-refractivity contribution is 9.10. The third kappa shape index (κ3) is 8.65. The molecule has 2 aromatic rings. The van der Waals surface area contributed by atoms with Crippen molar-refractivity contribution in [3.63, 3.8) is 0 Å². The molecule has 2 aromatic carbocycles. The second-order valence-corrected chi connectivity index (χ2v) is 7.32. The second-order valence-electron chi connectivity index (χ2n) is 6.40. The molecule has 0 aliphatic carbocycles. The van der Waals surface area contributed by atoms with Crippen molar-refractivity contribution >= 4 is 33.8 Å². The summed E-state index contributed by atoms with van der Waals surface area (Å²) in [6.07, 6.45) is 0.845. The van der Waals surface area contributed by atoms with Gasteiger partial charge in [0.1, 0.15) is 11.8 Å². The van der Waals surface area contributed by atoms with Gasteiger partial charge in [0, 0.05) is 17.3 Å². The summed E-state index contributed by atoms with van der Waals surface area (Å²) in [5, 5.41) is 2.55. The Balaban J connectivity index is 1.69. The zero-order valence-corrected chi connectivity index (χ0v) is 18.2. The number of carbonyl (C=O) groups excluding carboxylic acids is 3. The van der Waals surface area contributed by atoms with E-state index in [1.54, 1.807) is 0 Å². The van der Waals surface area contributed by atoms with Crippen LogP contribution in [0.3, 0.4) is 0 Å². The van der Waals surface area contributed by atoms with E-state index in [0.29, 0.717) is 18.8 Å². The summed E-state index contributed by atoms with van der Waals surface area (Å²) in [7, 11) is 1.25. The number of hydrogen-bond donors (Lipinski definition) is 1. The first-order valence-electron chi connectivity index (χ1n) is 9.43. The van der Waals surface area contributed by atoms with E-state index in [1.807, 2.05) is 54.6 Å². The molecule has 1 atom stereocenters. The van der Waals surface area contributed by atoms with Crippen LogP contribution in [-0.2, 0) is 30.3 Å². The Hall–Kier alpha value is -2.87. The normalized spacial score (nSPS) is 11.3. The van der Waals surface area contributed by atoms with E-state index in [2.05, 4.69) is 21.2 Å². The lowest BCUT2D eigenvalue weighted by molar-refractivity contribution is -0.150. The van der Waals surface area contributed by atoms with E-state index in [9.17, 15) is 14.4 Å². The minimum Gasteiger partial charge on any atom is -0.494 e. The number of rotatable bonds is 11. The third-order valence-electron chi connectivity index (χ3n) is 4.06. The van der Waals surface area contributed by atoms with E-state index in [0.717, 1.165) is 10.0 Å². The first-order chi connectivity index (χ1) is 14.5. The Morgan fingerprint density at radius 3 is 2.53 bits per heavy atom. The number of methoxy groups -OCH3 is 1. The molecule has 0 radical (unpaired) electrons. The number of halogens is 1. The van der Waals surface area contributed by atoms with Gasteiger partial charge in [0.25, 0.3) is 5.91 Å². The van der Waals surface area contributed by atoms with Crippen molar-refractivity contribution < 1.29 is 28.6 Å². The summed E-state index contributed by atoms with van der Waals surface area (Å²) in [6, 6.07) is 15.8. The Labute approximate surface area is 183 Å². The van der Waals surface area contributed by atoms with Crippen molar-refractivity contribution in [2.24, 2.45) is 0 Å². The smallest absolute Gasteiger partial charge is 0.328 e. The highest BCUT2D eigenvalue weighted by Gasteiger charge is 2.22. The summed E-state index contributed by atoms with van der Waals surface area (Å²) < 4.78 is 16.2. The topological polar surface area (TPSA) is 90.9 Å². The molecule has 0 spiro atoms. The molecule has 2 rings (SSSR count). The Morgan fingerprint density at radius 2 is 1.83 bits per heavy atom. The summed E-state index contributed by atoms with van der Waals surface area (Å²) in [5.74, 6) is -0.951. The van der Waals surface area contributed by atoms with Crippen LogP contribution in [0.1, 0.15) is 18.4 Å². The Morgan fingerprint density at radius 1 is 1.07 bits per heavy atom. The first kappa shape index (κ1) is 23.4. The zero-order valence-electron chi connectivity index (χ0n) is 16.6. The van der Waals surface area contributed by atoms with Gasteiger partial charge in [-0.25, -0.2) is 4.79 Å². The van der Waals surface area contributed by atoms with Crippen LogP contribution in [0.2, 0.25) is 0 Å². The van der Waals surface area contributed by atoms with Gasteiger partial charge in [-0.05, 0) is 30.2 Å². The third-order valence-corrected chi connectivity index (χ3v) is 4.55. The van der Waals surface area contributed by atoms with Crippen LogP contribution in [0.25, 0.3) is 0 Å². The van der Waals surface area contributed by atoms with Crippen LogP contribution < -0.4 is 10.1 Å². The average Bonchev–Trinajstić information content (AvgIpc) is 2.75. The Kier molecular flexibility index (Phi) is 9.86. The van der Waals surface area contributed by atoms with E-state index in [1.165, 1.54) is 7.11 Å². The molecule has 0 saturated carbocycles. The first-order valence-corrected chi connectivity index (χ1v) is 10.2. The minimum absolute atomic E-state index is 0.117. The van der Waals surface area contributed by atoms with E-state index >= 15 is 0 Å². The molecular weight excluding hydrogens is 454 g/mol. The molecule has 0 heterocycles. The standard InChI is InChI=1S/C22H24BrNO6/c1-28-22(27)19(13-16-7-3-2-4-8-16)24-20(25)15-30-21(26)11-6-12-29-18-10-5-9-17(23)14-18/h2-5,7-10,14,19H,6,11-13,15H2,1H3,(H,24,25). The maximum absolute atomic E-state index is 12.1. The minimum atomic E-state index is -0.859. The van der Waals surface area contributed by atoms with Crippen LogP contribution >= 0.6 is 15.9 Å². The molecule has 0 bridgehead atoms. The van der Waals surface area contributed by atoms with Crippen molar-refractivity contribution in [3.05, 3.63) is 64.6 Å². The van der Waals surface area contributed by atoms with Crippen LogP contribution in [0.15, 0.2) is 59.1 Å². The quantitative estimate of drug-likeness (QED) is 0.395. The number of esters is 2. The van der Waals surface area contributed by atoms with Gasteiger partial charge in [0.15, 0.2) is 6.61 Å². The fraction of sp³-hybridized carbons (Fsp3) is 0.318. The predicted molar refractivity (Wildman–Crippen MR) is 114 cm³/mol. The molecule has 1 N–H and O–H groups in total. The molecule has 1 amide bonds. The lowest BCUT2D eigenvalue weighted by Crippen LogP contribution is -2.44. The van der Waals surface area contributed by atoms with Gasteiger partial charge in [0.05, 0.1) is 13.7 Å². The van der Waals surface area contributed by atoms with Gasteiger partial charge in [-0.2, -0.15) is 0 Å². The largest absolute Gasteiger partial charge is 0.494 e. The monoisotopic (exact) mass is 477 g/mol. The van der Waals surface area contributed by atoms with Gasteiger partial charge < -0.3 is 19.5 Å². The highest BCUT2D eigenvalue weighted by Crippen LogP contribution is 2.17. The summed E-state index contributed by atoms with van der Waals surface area (Å²) in [6.45, 7) is -0.118. The van der Waals surface area contributed by atoms with Crippen molar-refractivity contribution in [2.75, 3.05) is 20.3 Å². The molecule has 0 saturated heterocycles. The van der Waals surface area contributed by atoms with Crippen molar-refractivity contribution in [3.8, 4) is 5.75 Å². The zero-order chi connectivity index (χ0) is 21.8. The second kappa shape index (κ2) is 12.6.